The molecule has 10 nitrogen and oxygen atoms in total. The maximum atomic E-state index is 13.6. The Morgan fingerprint density at radius 2 is 1.98 bits per heavy atom. The Balaban J connectivity index is 1.54. The molecule has 1 aliphatic carbocycles. The molecule has 1 amide bonds. The fraction of sp³-hybridized carbons (Fsp3) is 0.345. The van der Waals surface area contributed by atoms with E-state index in [1.807, 2.05) is 13.8 Å². The topological polar surface area (TPSA) is 127 Å². The van der Waals surface area contributed by atoms with Gasteiger partial charge in [-0.05, 0) is 49.8 Å². The predicted octanol–water partition coefficient (Wildman–Crippen LogP) is 2.75. The van der Waals surface area contributed by atoms with Gasteiger partial charge in [0.2, 0.25) is 0 Å². The molecule has 2 aliphatic rings. The molecule has 0 radical (unpaired) electrons. The normalized spacial score (nSPS) is 16.4. The van der Waals surface area contributed by atoms with Gasteiger partial charge in [0, 0.05) is 56.2 Å². The Kier molecular flexibility index (Phi) is 9.59. The third kappa shape index (κ3) is 7.51. The van der Waals surface area contributed by atoms with Gasteiger partial charge >= 0.3 is 6.18 Å². The summed E-state index contributed by atoms with van der Waals surface area (Å²) >= 11 is 0. The Morgan fingerprint density at radius 1 is 1.24 bits per heavy atom. The molecule has 13 heteroatoms. The fourth-order valence-electron chi connectivity index (χ4n) is 4.46. The molecule has 1 aromatic heterocycles. The van der Waals surface area contributed by atoms with Gasteiger partial charge in [0.25, 0.3) is 5.91 Å². The van der Waals surface area contributed by atoms with Crippen molar-refractivity contribution < 1.29 is 22.7 Å². The Labute approximate surface area is 242 Å². The standard InChI is InChI=1S/C29H35F3N8O2/c1-19-7-8-21(15-27(19)40(34)18-24(33)23-17-36-38(3)20(23)2)28(41)37-26-16-22(29(30,31)32)5-4-6-25(26)35-9-10-39-11-13-42-14-12-39/h4,6-8,15-18,35H,9-14,33-34H2,1-3H3,(H,37,41)/b24-18-. The largest absolute Gasteiger partial charge is 0.423 e. The van der Waals surface area contributed by atoms with Gasteiger partial charge in [-0.25, -0.2) is 5.84 Å². The van der Waals surface area contributed by atoms with Gasteiger partial charge in [0.15, 0.2) is 0 Å². The van der Waals surface area contributed by atoms with Crippen molar-refractivity contribution in [1.29, 1.82) is 0 Å². The van der Waals surface area contributed by atoms with E-state index in [9.17, 15) is 18.0 Å². The highest BCUT2D eigenvalue weighted by Crippen LogP contribution is 2.29. The molecule has 6 N–H and O–H groups in total. The van der Waals surface area contributed by atoms with Crippen LogP contribution in [-0.4, -0.2) is 66.2 Å². The lowest BCUT2D eigenvalue weighted by Crippen LogP contribution is -2.40. The number of morpholine rings is 1. The number of hydrogen-bond donors (Lipinski definition) is 4. The lowest BCUT2D eigenvalue weighted by molar-refractivity contribution is -0.0880. The first kappa shape index (κ1) is 30.7. The summed E-state index contributed by atoms with van der Waals surface area (Å²) in [6, 6.07) is 4.83. The number of halogens is 3. The van der Waals surface area contributed by atoms with Crippen LogP contribution in [0.5, 0.6) is 0 Å². The second-order valence-corrected chi connectivity index (χ2v) is 9.96. The van der Waals surface area contributed by atoms with Gasteiger partial charge in [-0.2, -0.15) is 18.3 Å². The highest BCUT2D eigenvalue weighted by molar-refractivity contribution is 5.97. The van der Waals surface area contributed by atoms with E-state index in [0.29, 0.717) is 48.9 Å². The molecule has 4 rings (SSSR count). The van der Waals surface area contributed by atoms with E-state index >= 15 is 0 Å². The Bertz CT molecular complexity index is 1480. The number of ether oxygens (including phenoxy) is 1. The highest BCUT2D eigenvalue weighted by atomic mass is 19.4. The molecule has 42 heavy (non-hydrogen) atoms. The second-order valence-electron chi connectivity index (χ2n) is 9.96. The van der Waals surface area contributed by atoms with Crippen LogP contribution in [0.15, 0.2) is 71.5 Å². The summed E-state index contributed by atoms with van der Waals surface area (Å²) in [6.45, 7) is 7.62. The molecule has 224 valence electrons. The molecule has 0 unspecified atom stereocenters. The molecule has 0 bridgehead atoms. The number of amides is 1. The van der Waals surface area contributed by atoms with Crippen molar-refractivity contribution in [3.8, 4) is 0 Å². The number of nitrogens with zero attached hydrogens (tertiary/aromatic N) is 4. The number of aryl methyl sites for hydroxylation is 2. The summed E-state index contributed by atoms with van der Waals surface area (Å²) < 4.78 is 48.0. The molecule has 1 saturated heterocycles. The average Bonchev–Trinajstić information content (AvgIpc) is 3.15. The van der Waals surface area contributed by atoms with E-state index in [2.05, 4.69) is 26.4 Å². The number of hydrazine groups is 1. The predicted molar refractivity (Wildman–Crippen MR) is 154 cm³/mol. The van der Waals surface area contributed by atoms with Crippen molar-refractivity contribution in [1.82, 2.24) is 25.3 Å². The molecule has 2 aromatic rings. The van der Waals surface area contributed by atoms with Crippen molar-refractivity contribution in [2.24, 2.45) is 18.6 Å². The molecule has 2 heterocycles. The number of rotatable bonds is 9. The summed E-state index contributed by atoms with van der Waals surface area (Å²) in [5, 5.41) is 11.3. The van der Waals surface area contributed by atoms with Crippen molar-refractivity contribution in [3.05, 3.63) is 93.9 Å². The van der Waals surface area contributed by atoms with Crippen LogP contribution in [0, 0.1) is 13.8 Å². The number of nitrogens with one attached hydrogen (secondary N) is 2. The number of benzene rings is 1. The van der Waals surface area contributed by atoms with E-state index in [1.54, 1.807) is 36.1 Å². The number of allylic oxidation sites excluding steroid dienone is 3. The van der Waals surface area contributed by atoms with Crippen LogP contribution >= 0.6 is 0 Å². The summed E-state index contributed by atoms with van der Waals surface area (Å²) in [5.74, 6) is 5.69. The van der Waals surface area contributed by atoms with Crippen LogP contribution < -0.4 is 27.2 Å². The van der Waals surface area contributed by atoms with Gasteiger partial charge in [-0.15, -0.1) is 5.73 Å². The first-order chi connectivity index (χ1) is 19.9. The average molecular weight is 585 g/mol. The summed E-state index contributed by atoms with van der Waals surface area (Å²) in [7, 11) is 1.80. The zero-order valence-electron chi connectivity index (χ0n) is 23.8. The summed E-state index contributed by atoms with van der Waals surface area (Å²) in [5.41, 5.74) is 11.2. The molecule has 0 atom stereocenters. The molecule has 1 fully saturated rings. The minimum Gasteiger partial charge on any atom is -0.397 e. The van der Waals surface area contributed by atoms with E-state index < -0.39 is 17.7 Å². The van der Waals surface area contributed by atoms with Gasteiger partial charge < -0.3 is 21.1 Å². The van der Waals surface area contributed by atoms with Gasteiger partial charge in [-0.3, -0.25) is 19.4 Å². The smallest absolute Gasteiger partial charge is 0.397 e. The second kappa shape index (κ2) is 13.1. The lowest BCUT2D eigenvalue weighted by Gasteiger charge is -2.27. The monoisotopic (exact) mass is 584 g/mol. The first-order valence-electron chi connectivity index (χ1n) is 13.4. The summed E-state index contributed by atoms with van der Waals surface area (Å²) in [6.07, 6.45) is 2.02. The minimum absolute atomic E-state index is 0.0292. The van der Waals surface area contributed by atoms with Crippen LogP contribution in [0.25, 0.3) is 5.70 Å². The molecular weight excluding hydrogens is 549 g/mol. The highest BCUT2D eigenvalue weighted by Gasteiger charge is 2.33. The quantitative estimate of drug-likeness (QED) is 0.201. The van der Waals surface area contributed by atoms with E-state index in [0.717, 1.165) is 30.4 Å². The number of aromatic nitrogens is 2. The number of anilines is 1. The number of hydrogen-bond acceptors (Lipinski definition) is 8. The third-order valence-corrected chi connectivity index (χ3v) is 7.04. The molecule has 0 saturated carbocycles. The molecule has 0 spiro atoms. The molecule has 1 aliphatic heterocycles. The lowest BCUT2D eigenvalue weighted by atomic mass is 10.1. The number of nitrogens with two attached hydrogens (primary N) is 2. The zero-order chi connectivity index (χ0) is 30.4. The van der Waals surface area contributed by atoms with Crippen molar-refractivity contribution in [3.63, 3.8) is 0 Å². The van der Waals surface area contributed by atoms with Gasteiger partial charge in [-0.1, -0.05) is 6.07 Å². The van der Waals surface area contributed by atoms with Crippen LogP contribution in [0.4, 0.5) is 18.9 Å². The Morgan fingerprint density at radius 3 is 2.64 bits per heavy atom. The van der Waals surface area contributed by atoms with Crippen molar-refractivity contribution >= 4 is 17.3 Å². The summed E-state index contributed by atoms with van der Waals surface area (Å²) in [4.78, 5) is 15.6. The number of carbonyl (C=O) groups excluding carboxylic acids is 1. The SMILES string of the molecule is Cc1ccc(C(=O)NC2=CC(C(F)(F)F)=C=CC=C2NCCN2CCOCC2)cc1N(N)/C=C(\N)c1cnn(C)c1C. The zero-order valence-corrected chi connectivity index (χ0v) is 23.8. The molecule has 1 aromatic carbocycles. The maximum absolute atomic E-state index is 13.6. The third-order valence-electron chi connectivity index (χ3n) is 7.04. The maximum Gasteiger partial charge on any atom is 0.423 e. The fourth-order valence-corrected chi connectivity index (χ4v) is 4.46. The number of carbonyl (C=O) groups is 1. The van der Waals surface area contributed by atoms with Crippen molar-refractivity contribution in [2.75, 3.05) is 44.4 Å². The first-order valence-corrected chi connectivity index (χ1v) is 13.4. The van der Waals surface area contributed by atoms with Crippen LogP contribution in [-0.2, 0) is 11.8 Å². The van der Waals surface area contributed by atoms with Crippen molar-refractivity contribution in [2.45, 2.75) is 20.0 Å². The van der Waals surface area contributed by atoms with Crippen LogP contribution in [0.1, 0.15) is 27.2 Å². The van der Waals surface area contributed by atoms with Gasteiger partial charge in [0.05, 0.1) is 47.8 Å². The minimum atomic E-state index is -4.65. The van der Waals surface area contributed by atoms with Gasteiger partial charge in [0.1, 0.15) is 0 Å². The van der Waals surface area contributed by atoms with E-state index in [1.165, 1.54) is 23.4 Å². The Hall–Kier alpha value is -4.29. The number of alkyl halides is 3. The van der Waals surface area contributed by atoms with Crippen LogP contribution in [0.2, 0.25) is 0 Å². The van der Waals surface area contributed by atoms with E-state index in [4.69, 9.17) is 16.3 Å². The van der Waals surface area contributed by atoms with Crippen LogP contribution in [0.3, 0.4) is 0 Å². The molecular formula is C29H35F3N8O2. The van der Waals surface area contributed by atoms with E-state index in [-0.39, 0.29) is 11.3 Å².